The third-order valence-electron chi connectivity index (χ3n) is 12.2. The molecule has 0 saturated carbocycles. The zero-order valence-corrected chi connectivity index (χ0v) is 30.7. The molecule has 0 aliphatic heterocycles. The largest absolute Gasteiger partial charge is 0.310 e. The molecule has 0 bridgehead atoms. The molecule has 9 rings (SSSR count). The highest BCUT2D eigenvalue weighted by Crippen LogP contribution is 2.54. The van der Waals surface area contributed by atoms with Crippen LogP contribution in [0.2, 0.25) is 0 Å². The first-order valence-electron chi connectivity index (χ1n) is 19.4. The molecule has 6 aromatic rings. The van der Waals surface area contributed by atoms with Crippen molar-refractivity contribution in [3.05, 3.63) is 160 Å². The van der Waals surface area contributed by atoms with Gasteiger partial charge in [0.15, 0.2) is 0 Å². The highest BCUT2D eigenvalue weighted by atomic mass is 15.1. The van der Waals surface area contributed by atoms with Crippen LogP contribution in [0.3, 0.4) is 0 Å². The van der Waals surface area contributed by atoms with E-state index in [1.165, 1.54) is 123 Å². The van der Waals surface area contributed by atoms with Gasteiger partial charge in [-0.2, -0.15) is 0 Å². The third kappa shape index (κ3) is 5.53. The number of benzene rings is 6. The minimum atomic E-state index is -0.103. The fraction of sp³-hybridized carbons (Fsp3) is 0.280. The standard InChI is InChI=1S/C50H49N/c1-33(2)43-29-38-18-10-11-19-39(38)30-44(43)46-31-45-42-20-12-13-21-47(42)50(3,4)48(45)32-49(46)51(41-27-24-35-16-8-9-17-37(35)28-41)40-25-22-36(23-26-40)34-14-6-5-7-15-34/h5-7,12-15,20-33H,8-11,16-19H2,1-4H3. The first-order chi connectivity index (χ1) is 24.9. The summed E-state index contributed by atoms with van der Waals surface area (Å²) in [5, 5.41) is 0. The summed E-state index contributed by atoms with van der Waals surface area (Å²) in [5.41, 5.74) is 22.0. The minimum Gasteiger partial charge on any atom is -0.310 e. The van der Waals surface area contributed by atoms with Gasteiger partial charge in [-0.15, -0.1) is 0 Å². The zero-order valence-electron chi connectivity index (χ0n) is 30.7. The third-order valence-corrected chi connectivity index (χ3v) is 12.2. The van der Waals surface area contributed by atoms with E-state index < -0.39 is 0 Å². The van der Waals surface area contributed by atoms with Crippen molar-refractivity contribution in [2.24, 2.45) is 0 Å². The number of nitrogens with zero attached hydrogens (tertiary/aromatic N) is 1. The quantitative estimate of drug-likeness (QED) is 0.171. The molecule has 0 saturated heterocycles. The van der Waals surface area contributed by atoms with Crippen LogP contribution >= 0.6 is 0 Å². The molecule has 0 fully saturated rings. The molecule has 3 aliphatic rings. The van der Waals surface area contributed by atoms with Crippen molar-refractivity contribution in [2.45, 2.75) is 90.4 Å². The molecule has 0 radical (unpaired) electrons. The molecule has 254 valence electrons. The van der Waals surface area contributed by atoms with Gasteiger partial charge in [-0.3, -0.25) is 0 Å². The average Bonchev–Trinajstić information content (AvgIpc) is 3.39. The van der Waals surface area contributed by atoms with Gasteiger partial charge in [-0.25, -0.2) is 0 Å². The van der Waals surface area contributed by atoms with Gasteiger partial charge in [0.2, 0.25) is 0 Å². The first kappa shape index (κ1) is 32.1. The van der Waals surface area contributed by atoms with E-state index in [9.17, 15) is 0 Å². The van der Waals surface area contributed by atoms with E-state index in [1.807, 2.05) is 0 Å². The van der Waals surface area contributed by atoms with Crippen LogP contribution in [0.25, 0.3) is 33.4 Å². The monoisotopic (exact) mass is 663 g/mol. The van der Waals surface area contributed by atoms with Crippen molar-refractivity contribution in [1.29, 1.82) is 0 Å². The van der Waals surface area contributed by atoms with E-state index in [0.717, 1.165) is 6.42 Å². The summed E-state index contributed by atoms with van der Waals surface area (Å²) in [5.74, 6) is 0.416. The fourth-order valence-corrected chi connectivity index (χ4v) is 9.37. The van der Waals surface area contributed by atoms with E-state index in [0.29, 0.717) is 5.92 Å². The number of anilines is 3. The van der Waals surface area contributed by atoms with Gasteiger partial charge >= 0.3 is 0 Å². The number of hydrogen-bond acceptors (Lipinski definition) is 1. The summed E-state index contributed by atoms with van der Waals surface area (Å²) < 4.78 is 0. The summed E-state index contributed by atoms with van der Waals surface area (Å²) >= 11 is 0. The van der Waals surface area contributed by atoms with Gasteiger partial charge in [-0.05, 0) is 160 Å². The van der Waals surface area contributed by atoms with Crippen LogP contribution in [-0.2, 0) is 31.1 Å². The van der Waals surface area contributed by atoms with Gasteiger partial charge in [0.05, 0.1) is 5.69 Å². The summed E-state index contributed by atoms with van der Waals surface area (Å²) in [6.45, 7) is 9.58. The molecule has 0 heterocycles. The molecule has 0 amide bonds. The minimum absolute atomic E-state index is 0.103. The van der Waals surface area contributed by atoms with Gasteiger partial charge in [-0.1, -0.05) is 113 Å². The molecule has 1 heteroatoms. The number of rotatable bonds is 6. The van der Waals surface area contributed by atoms with Gasteiger partial charge in [0.1, 0.15) is 0 Å². The maximum Gasteiger partial charge on any atom is 0.0543 e. The maximum atomic E-state index is 2.59. The van der Waals surface area contributed by atoms with E-state index in [-0.39, 0.29) is 5.41 Å². The Labute approximate surface area is 305 Å². The van der Waals surface area contributed by atoms with E-state index in [4.69, 9.17) is 0 Å². The summed E-state index contributed by atoms with van der Waals surface area (Å²) in [6.07, 6.45) is 9.85. The lowest BCUT2D eigenvalue weighted by Crippen LogP contribution is -2.18. The second-order valence-electron chi connectivity index (χ2n) is 16.1. The lowest BCUT2D eigenvalue weighted by molar-refractivity contribution is 0.660. The van der Waals surface area contributed by atoms with Crippen molar-refractivity contribution >= 4 is 17.1 Å². The van der Waals surface area contributed by atoms with Gasteiger partial charge in [0, 0.05) is 22.4 Å². The topological polar surface area (TPSA) is 3.24 Å². The van der Waals surface area contributed by atoms with Crippen LogP contribution in [0, 0.1) is 0 Å². The van der Waals surface area contributed by atoms with Crippen LogP contribution < -0.4 is 4.90 Å². The Morgan fingerprint density at radius 1 is 0.471 bits per heavy atom. The molecule has 6 aromatic carbocycles. The molecule has 0 unspecified atom stereocenters. The van der Waals surface area contributed by atoms with Crippen LogP contribution in [0.5, 0.6) is 0 Å². The van der Waals surface area contributed by atoms with Crippen molar-refractivity contribution in [3.8, 4) is 33.4 Å². The molecule has 1 nitrogen and oxygen atoms in total. The Bertz CT molecular complexity index is 2250. The first-order valence-corrected chi connectivity index (χ1v) is 19.4. The Balaban J connectivity index is 1.33. The SMILES string of the molecule is CC(C)c1cc2c(cc1-c1cc3c(cc1N(c1ccc(-c4ccccc4)cc1)c1ccc4c(c1)CCCC4)C(C)(C)c1ccccc1-3)CCCC2. The average molecular weight is 664 g/mol. The zero-order chi connectivity index (χ0) is 34.7. The maximum absolute atomic E-state index is 2.59. The molecule has 51 heavy (non-hydrogen) atoms. The number of aryl methyl sites for hydroxylation is 4. The van der Waals surface area contributed by atoms with Crippen molar-refractivity contribution in [2.75, 3.05) is 4.90 Å². The second kappa shape index (κ2) is 12.7. The smallest absolute Gasteiger partial charge is 0.0543 e. The fourth-order valence-electron chi connectivity index (χ4n) is 9.37. The summed E-state index contributed by atoms with van der Waals surface area (Å²) in [6, 6.07) is 46.8. The van der Waals surface area contributed by atoms with Crippen LogP contribution in [0.1, 0.15) is 98.2 Å². The Hall–Kier alpha value is -4.88. The molecule has 3 aliphatic carbocycles. The van der Waals surface area contributed by atoms with E-state index in [2.05, 4.69) is 154 Å². The van der Waals surface area contributed by atoms with Gasteiger partial charge in [0.25, 0.3) is 0 Å². The number of hydrogen-bond donors (Lipinski definition) is 0. The van der Waals surface area contributed by atoms with Crippen LogP contribution in [0.15, 0.2) is 121 Å². The molecule has 0 N–H and O–H groups in total. The van der Waals surface area contributed by atoms with Crippen molar-refractivity contribution < 1.29 is 0 Å². The molecule has 0 aromatic heterocycles. The summed E-state index contributed by atoms with van der Waals surface area (Å²) in [7, 11) is 0. The Morgan fingerprint density at radius 2 is 1.08 bits per heavy atom. The van der Waals surface area contributed by atoms with E-state index >= 15 is 0 Å². The molecular formula is C50H49N. The Kier molecular flexibility index (Phi) is 7.99. The second-order valence-corrected chi connectivity index (χ2v) is 16.1. The highest BCUT2D eigenvalue weighted by molar-refractivity contribution is 5.96. The summed E-state index contributed by atoms with van der Waals surface area (Å²) in [4.78, 5) is 2.59. The molecular weight excluding hydrogens is 615 g/mol. The number of fused-ring (bicyclic) bond motifs is 5. The lowest BCUT2D eigenvalue weighted by Gasteiger charge is -2.32. The molecule has 0 spiro atoms. The van der Waals surface area contributed by atoms with Crippen molar-refractivity contribution in [1.82, 2.24) is 0 Å². The Morgan fingerprint density at radius 3 is 1.80 bits per heavy atom. The van der Waals surface area contributed by atoms with E-state index in [1.54, 1.807) is 11.1 Å². The predicted octanol–water partition coefficient (Wildman–Crippen LogP) is 13.7. The molecule has 0 atom stereocenters. The highest BCUT2D eigenvalue weighted by Gasteiger charge is 2.37. The predicted molar refractivity (Wildman–Crippen MR) is 217 cm³/mol. The van der Waals surface area contributed by atoms with Crippen LogP contribution in [0.4, 0.5) is 17.1 Å². The van der Waals surface area contributed by atoms with Gasteiger partial charge < -0.3 is 4.90 Å². The normalized spacial score (nSPS) is 15.5. The lowest BCUT2D eigenvalue weighted by atomic mass is 9.80. The van der Waals surface area contributed by atoms with Crippen molar-refractivity contribution in [3.63, 3.8) is 0 Å². The van der Waals surface area contributed by atoms with Crippen LogP contribution in [-0.4, -0.2) is 0 Å².